The number of aliphatic imine (C=N–C) groups is 1. The molecule has 7 heteroatoms. The van der Waals surface area contributed by atoms with E-state index in [1.807, 2.05) is 4.90 Å². The standard InChI is InChI=1S/C17H27BrClN3O2/c1-3-4-7-16(15(18)12-21-14(2)19)20-8-5-9-22-10-6-11-24-13-17(22)23/h7,12,20H,3-6,8-11,13H2,1-2H3/b15-12+,16-7-,21-14?. The first kappa shape index (κ1) is 21.2. The number of carbonyl (C=O) groups excluding carboxylic acids is 1. The lowest BCUT2D eigenvalue weighted by Crippen LogP contribution is -2.34. The van der Waals surface area contributed by atoms with Crippen LogP contribution in [0.2, 0.25) is 0 Å². The van der Waals surface area contributed by atoms with Crippen molar-refractivity contribution in [2.75, 3.05) is 32.8 Å². The van der Waals surface area contributed by atoms with Gasteiger partial charge in [0.15, 0.2) is 0 Å². The fraction of sp³-hybridized carbons (Fsp3) is 0.647. The Morgan fingerprint density at radius 3 is 3.04 bits per heavy atom. The Labute approximate surface area is 158 Å². The number of halogens is 2. The molecule has 0 aromatic rings. The van der Waals surface area contributed by atoms with E-state index >= 15 is 0 Å². The molecule has 0 aromatic heterocycles. The summed E-state index contributed by atoms with van der Waals surface area (Å²) >= 11 is 9.30. The minimum atomic E-state index is 0.0854. The second-order valence-electron chi connectivity index (χ2n) is 5.58. The zero-order chi connectivity index (χ0) is 17.8. The fourth-order valence-electron chi connectivity index (χ4n) is 2.22. The molecule has 1 aliphatic rings. The molecule has 0 aliphatic carbocycles. The van der Waals surface area contributed by atoms with Gasteiger partial charge in [-0.15, -0.1) is 0 Å². The van der Waals surface area contributed by atoms with Crippen molar-refractivity contribution in [3.05, 3.63) is 22.5 Å². The van der Waals surface area contributed by atoms with Gasteiger partial charge in [0.1, 0.15) is 11.8 Å². The molecule has 0 radical (unpaired) electrons. The van der Waals surface area contributed by atoms with Crippen molar-refractivity contribution in [2.24, 2.45) is 4.99 Å². The van der Waals surface area contributed by atoms with Crippen molar-refractivity contribution in [3.8, 4) is 0 Å². The van der Waals surface area contributed by atoms with E-state index in [0.29, 0.717) is 11.8 Å². The highest BCUT2D eigenvalue weighted by Crippen LogP contribution is 2.16. The van der Waals surface area contributed by atoms with Gasteiger partial charge in [-0.25, -0.2) is 4.99 Å². The summed E-state index contributed by atoms with van der Waals surface area (Å²) in [6, 6.07) is 0. The molecule has 1 saturated heterocycles. The van der Waals surface area contributed by atoms with Crippen LogP contribution < -0.4 is 5.32 Å². The Kier molecular flexibility index (Phi) is 11.0. The average Bonchev–Trinajstić information content (AvgIpc) is 2.76. The predicted octanol–water partition coefficient (Wildman–Crippen LogP) is 3.79. The second kappa shape index (κ2) is 12.5. The van der Waals surface area contributed by atoms with E-state index < -0.39 is 0 Å². The molecule has 1 N–H and O–H groups in total. The lowest BCUT2D eigenvalue weighted by molar-refractivity contribution is -0.133. The number of unbranched alkanes of at least 4 members (excludes halogenated alkanes) is 1. The van der Waals surface area contributed by atoms with E-state index in [9.17, 15) is 4.79 Å². The van der Waals surface area contributed by atoms with Gasteiger partial charge in [-0.2, -0.15) is 0 Å². The van der Waals surface area contributed by atoms with E-state index in [1.165, 1.54) is 0 Å². The van der Waals surface area contributed by atoms with Crippen molar-refractivity contribution in [2.45, 2.75) is 39.5 Å². The average molecular weight is 421 g/mol. The number of hydrogen-bond acceptors (Lipinski definition) is 4. The molecule has 1 rings (SSSR count). The first-order chi connectivity index (χ1) is 11.5. The highest BCUT2D eigenvalue weighted by Gasteiger charge is 2.16. The SMILES string of the molecule is CCC/C=C(NCCCN1CCCOCC1=O)/C(Br)=C\N=C(C)Cl. The van der Waals surface area contributed by atoms with Gasteiger partial charge >= 0.3 is 0 Å². The lowest BCUT2D eigenvalue weighted by atomic mass is 10.2. The molecule has 0 atom stereocenters. The van der Waals surface area contributed by atoms with Crippen LogP contribution >= 0.6 is 27.5 Å². The molecule has 1 amide bonds. The zero-order valence-electron chi connectivity index (χ0n) is 14.5. The Hall–Kier alpha value is -0.850. The Morgan fingerprint density at radius 2 is 2.33 bits per heavy atom. The number of hydrogen-bond donors (Lipinski definition) is 1. The number of allylic oxidation sites excluding steroid dienone is 2. The quantitative estimate of drug-likeness (QED) is 0.351. The highest BCUT2D eigenvalue weighted by atomic mass is 79.9. The van der Waals surface area contributed by atoms with Crippen molar-refractivity contribution in [3.63, 3.8) is 0 Å². The van der Waals surface area contributed by atoms with Gasteiger partial charge in [0, 0.05) is 38.1 Å². The monoisotopic (exact) mass is 419 g/mol. The van der Waals surface area contributed by atoms with Gasteiger partial charge in [0.25, 0.3) is 0 Å². The molecule has 1 aliphatic heterocycles. The van der Waals surface area contributed by atoms with E-state index in [4.69, 9.17) is 16.3 Å². The Bertz CT molecular complexity index is 488. The molecule has 5 nitrogen and oxygen atoms in total. The van der Waals surface area contributed by atoms with Gasteiger partial charge in [-0.05, 0) is 42.1 Å². The van der Waals surface area contributed by atoms with Crippen molar-refractivity contribution >= 4 is 38.6 Å². The molecule has 0 unspecified atom stereocenters. The van der Waals surface area contributed by atoms with Crippen molar-refractivity contribution in [1.82, 2.24) is 10.2 Å². The normalized spacial score (nSPS) is 17.9. The van der Waals surface area contributed by atoms with Gasteiger partial charge in [0.05, 0.1) is 4.48 Å². The summed E-state index contributed by atoms with van der Waals surface area (Å²) in [5, 5.41) is 3.90. The topological polar surface area (TPSA) is 53.9 Å². The molecular formula is C17H27BrClN3O2. The summed E-state index contributed by atoms with van der Waals surface area (Å²) in [5.41, 5.74) is 1.00. The van der Waals surface area contributed by atoms with Crippen LogP contribution in [-0.2, 0) is 9.53 Å². The van der Waals surface area contributed by atoms with Gasteiger partial charge < -0.3 is 15.0 Å². The van der Waals surface area contributed by atoms with Crippen LogP contribution in [0.4, 0.5) is 0 Å². The van der Waals surface area contributed by atoms with E-state index in [1.54, 1.807) is 13.1 Å². The van der Waals surface area contributed by atoms with Crippen molar-refractivity contribution in [1.29, 1.82) is 0 Å². The van der Waals surface area contributed by atoms with Crippen LogP contribution in [-0.4, -0.2) is 48.8 Å². The molecule has 0 aromatic carbocycles. The van der Waals surface area contributed by atoms with E-state index in [2.05, 4.69) is 39.2 Å². The third kappa shape index (κ3) is 8.85. The molecule has 0 saturated carbocycles. The summed E-state index contributed by atoms with van der Waals surface area (Å²) in [6.45, 7) is 7.07. The smallest absolute Gasteiger partial charge is 0.248 e. The summed E-state index contributed by atoms with van der Waals surface area (Å²) in [6.07, 6.45) is 7.69. The van der Waals surface area contributed by atoms with Crippen molar-refractivity contribution < 1.29 is 9.53 Å². The van der Waals surface area contributed by atoms with Crippen LogP contribution in [0.25, 0.3) is 0 Å². The minimum absolute atomic E-state index is 0.0854. The van der Waals surface area contributed by atoms with Gasteiger partial charge in [0.2, 0.25) is 5.91 Å². The number of nitrogens with zero attached hydrogens (tertiary/aromatic N) is 2. The number of ether oxygens (including phenoxy) is 1. The number of nitrogens with one attached hydrogen (secondary N) is 1. The summed E-state index contributed by atoms with van der Waals surface area (Å²) in [7, 11) is 0. The molecular weight excluding hydrogens is 394 g/mol. The fourth-order valence-corrected chi connectivity index (χ4v) is 2.67. The predicted molar refractivity (Wildman–Crippen MR) is 104 cm³/mol. The van der Waals surface area contributed by atoms with Crippen LogP contribution in [0.1, 0.15) is 39.5 Å². The van der Waals surface area contributed by atoms with Crippen LogP contribution in [0.15, 0.2) is 27.4 Å². The summed E-state index contributed by atoms with van der Waals surface area (Å²) in [5.74, 6) is 0.0854. The second-order valence-corrected chi connectivity index (χ2v) is 6.98. The Morgan fingerprint density at radius 1 is 1.54 bits per heavy atom. The number of rotatable bonds is 9. The maximum absolute atomic E-state index is 11.9. The lowest BCUT2D eigenvalue weighted by Gasteiger charge is -2.20. The molecule has 136 valence electrons. The molecule has 0 bridgehead atoms. The van der Waals surface area contributed by atoms with E-state index in [-0.39, 0.29) is 12.5 Å². The number of carbonyl (C=O) groups is 1. The largest absolute Gasteiger partial charge is 0.384 e. The maximum Gasteiger partial charge on any atom is 0.248 e. The van der Waals surface area contributed by atoms with Crippen LogP contribution in [0.3, 0.4) is 0 Å². The maximum atomic E-state index is 11.9. The molecule has 1 fully saturated rings. The van der Waals surface area contributed by atoms with Gasteiger partial charge in [-0.1, -0.05) is 31.0 Å². The molecule has 1 heterocycles. The first-order valence-corrected chi connectivity index (χ1v) is 9.57. The third-order valence-corrected chi connectivity index (χ3v) is 4.19. The Balaban J connectivity index is 2.48. The molecule has 24 heavy (non-hydrogen) atoms. The van der Waals surface area contributed by atoms with Crippen LogP contribution in [0, 0.1) is 0 Å². The summed E-state index contributed by atoms with van der Waals surface area (Å²) < 4.78 is 6.12. The summed E-state index contributed by atoms with van der Waals surface area (Å²) in [4.78, 5) is 17.9. The zero-order valence-corrected chi connectivity index (χ0v) is 16.8. The first-order valence-electron chi connectivity index (χ1n) is 8.40. The number of amides is 1. The van der Waals surface area contributed by atoms with Gasteiger partial charge in [-0.3, -0.25) is 4.79 Å². The third-order valence-electron chi connectivity index (χ3n) is 3.47. The van der Waals surface area contributed by atoms with Crippen LogP contribution in [0.5, 0.6) is 0 Å². The van der Waals surface area contributed by atoms with E-state index in [0.717, 1.165) is 55.5 Å². The minimum Gasteiger partial charge on any atom is -0.384 e. The molecule has 0 spiro atoms. The highest BCUT2D eigenvalue weighted by molar-refractivity contribution is 9.12.